The van der Waals surface area contributed by atoms with E-state index in [2.05, 4.69) is 64.5 Å². The molecule has 1 aliphatic heterocycles. The molecule has 1 saturated heterocycles. The molecule has 3 aromatic rings. The number of aryl methyl sites for hydroxylation is 1. The van der Waals surface area contributed by atoms with Gasteiger partial charge in [-0.05, 0) is 43.5 Å². The van der Waals surface area contributed by atoms with Crippen molar-refractivity contribution in [1.29, 1.82) is 0 Å². The highest BCUT2D eigenvalue weighted by Crippen LogP contribution is 2.30. The molecule has 0 saturated carbocycles. The second-order valence-corrected chi connectivity index (χ2v) is 7.44. The monoisotopic (exact) mass is 379 g/mol. The molecular weight excluding hydrogens is 353 g/mol. The second-order valence-electron chi connectivity index (χ2n) is 7.44. The van der Waals surface area contributed by atoms with E-state index in [1.165, 1.54) is 22.9 Å². The van der Waals surface area contributed by atoms with Crippen LogP contribution in [0.15, 0.2) is 36.7 Å². The minimum Gasteiger partial charge on any atom is -0.363 e. The van der Waals surface area contributed by atoms with E-state index < -0.39 is 0 Å². The lowest BCUT2D eigenvalue weighted by Gasteiger charge is -2.28. The van der Waals surface area contributed by atoms with E-state index in [9.17, 15) is 4.39 Å². The molecule has 1 aliphatic rings. The van der Waals surface area contributed by atoms with Gasteiger partial charge in [-0.3, -0.25) is 0 Å². The number of hydrogen-bond donors (Lipinski definition) is 2. The molecule has 0 radical (unpaired) electrons. The normalized spacial score (nSPS) is 15.6. The zero-order chi connectivity index (χ0) is 19.7. The molecule has 0 spiro atoms. The average Bonchev–Trinajstić information content (AvgIpc) is 2.72. The summed E-state index contributed by atoms with van der Waals surface area (Å²) in [6.45, 7) is 9.99. The minimum atomic E-state index is -0.348. The van der Waals surface area contributed by atoms with Gasteiger partial charge in [0.05, 0.1) is 12.2 Å². The maximum absolute atomic E-state index is 14.4. The van der Waals surface area contributed by atoms with Crippen molar-refractivity contribution in [3.05, 3.63) is 59.2 Å². The van der Waals surface area contributed by atoms with Crippen LogP contribution in [-0.4, -0.2) is 36.1 Å². The summed E-state index contributed by atoms with van der Waals surface area (Å²) in [7, 11) is 0. The van der Waals surface area contributed by atoms with Crippen molar-refractivity contribution in [1.82, 2.24) is 15.3 Å². The van der Waals surface area contributed by atoms with Gasteiger partial charge in [-0.15, -0.1) is 0 Å². The summed E-state index contributed by atoms with van der Waals surface area (Å²) in [6, 6.07) is 8.31. The Morgan fingerprint density at radius 2 is 1.89 bits per heavy atom. The maximum Gasteiger partial charge on any atom is 0.151 e. The molecular formula is C22H26FN5. The second kappa shape index (κ2) is 7.72. The van der Waals surface area contributed by atoms with Crippen LogP contribution in [0.5, 0.6) is 0 Å². The van der Waals surface area contributed by atoms with Crippen LogP contribution in [0.4, 0.5) is 16.0 Å². The van der Waals surface area contributed by atoms with Crippen LogP contribution in [0, 0.1) is 19.7 Å². The number of hydrogen-bond acceptors (Lipinski definition) is 5. The summed E-state index contributed by atoms with van der Waals surface area (Å²) in [5.41, 5.74) is 3.74. The first-order chi connectivity index (χ1) is 13.5. The van der Waals surface area contributed by atoms with Crippen molar-refractivity contribution in [2.45, 2.75) is 26.8 Å². The number of benzene rings is 1. The SMILES string of the molecule is Cc1cccc([C@@H](C)Nc2ncc(F)c3cnc(N4CCNCC4)cc23)c1C. The first-order valence-corrected chi connectivity index (χ1v) is 9.77. The van der Waals surface area contributed by atoms with Crippen molar-refractivity contribution in [3.8, 4) is 0 Å². The Kier molecular flexibility index (Phi) is 5.13. The molecule has 2 aromatic heterocycles. The van der Waals surface area contributed by atoms with Gasteiger partial charge < -0.3 is 15.5 Å². The highest BCUT2D eigenvalue weighted by Gasteiger charge is 2.17. The van der Waals surface area contributed by atoms with E-state index in [1.54, 1.807) is 6.20 Å². The first-order valence-electron chi connectivity index (χ1n) is 9.77. The third-order valence-corrected chi connectivity index (χ3v) is 5.62. The number of pyridine rings is 2. The van der Waals surface area contributed by atoms with Crippen molar-refractivity contribution < 1.29 is 4.39 Å². The van der Waals surface area contributed by atoms with Gasteiger partial charge in [-0.2, -0.15) is 0 Å². The summed E-state index contributed by atoms with van der Waals surface area (Å²) in [5, 5.41) is 8.09. The van der Waals surface area contributed by atoms with E-state index in [1.807, 2.05) is 6.07 Å². The van der Waals surface area contributed by atoms with Crippen LogP contribution in [0.3, 0.4) is 0 Å². The number of anilines is 2. The fraction of sp³-hybridized carbons (Fsp3) is 0.364. The molecule has 28 heavy (non-hydrogen) atoms. The molecule has 4 rings (SSSR count). The molecule has 1 fully saturated rings. The van der Waals surface area contributed by atoms with Gasteiger partial charge in [0.1, 0.15) is 11.6 Å². The van der Waals surface area contributed by atoms with E-state index in [-0.39, 0.29) is 11.9 Å². The molecule has 0 aliphatic carbocycles. The third kappa shape index (κ3) is 3.52. The quantitative estimate of drug-likeness (QED) is 0.718. The Hall–Kier alpha value is -2.73. The van der Waals surface area contributed by atoms with E-state index in [0.29, 0.717) is 11.2 Å². The largest absolute Gasteiger partial charge is 0.363 e. The Labute approximate surface area is 165 Å². The number of piperazine rings is 1. The lowest BCUT2D eigenvalue weighted by molar-refractivity contribution is 0.585. The Bertz CT molecular complexity index is 998. The molecule has 0 bridgehead atoms. The van der Waals surface area contributed by atoms with Gasteiger partial charge in [-0.1, -0.05) is 18.2 Å². The van der Waals surface area contributed by atoms with Crippen LogP contribution < -0.4 is 15.5 Å². The van der Waals surface area contributed by atoms with Crippen LogP contribution in [0.2, 0.25) is 0 Å². The number of nitrogens with zero attached hydrogens (tertiary/aromatic N) is 3. The summed E-state index contributed by atoms with van der Waals surface area (Å²) < 4.78 is 14.4. The van der Waals surface area contributed by atoms with Gasteiger partial charge >= 0.3 is 0 Å². The zero-order valence-corrected chi connectivity index (χ0v) is 16.6. The van der Waals surface area contributed by atoms with Gasteiger partial charge in [0.15, 0.2) is 5.82 Å². The molecule has 2 N–H and O–H groups in total. The van der Waals surface area contributed by atoms with E-state index >= 15 is 0 Å². The highest BCUT2D eigenvalue weighted by molar-refractivity contribution is 5.93. The molecule has 6 heteroatoms. The van der Waals surface area contributed by atoms with Crippen molar-refractivity contribution in [2.24, 2.45) is 0 Å². The minimum absolute atomic E-state index is 0.0527. The average molecular weight is 379 g/mol. The van der Waals surface area contributed by atoms with E-state index in [0.717, 1.165) is 37.4 Å². The van der Waals surface area contributed by atoms with Crippen LogP contribution in [-0.2, 0) is 0 Å². The lowest BCUT2D eigenvalue weighted by atomic mass is 9.98. The van der Waals surface area contributed by atoms with Gasteiger partial charge in [0, 0.05) is 43.1 Å². The van der Waals surface area contributed by atoms with Crippen LogP contribution in [0.25, 0.3) is 10.8 Å². The predicted octanol–water partition coefficient (Wildman–Crippen LogP) is 3.97. The van der Waals surface area contributed by atoms with Gasteiger partial charge in [0.2, 0.25) is 0 Å². The molecule has 146 valence electrons. The standard InChI is InChI=1S/C22H26FN5/c1-14-5-4-6-17(15(14)2)16(3)27-22-18-11-21(28-9-7-24-8-10-28)25-12-19(18)20(23)13-26-22/h4-6,11-13,16,24H,7-10H2,1-3H3,(H,26,27)/t16-/m1/s1. The molecule has 1 atom stereocenters. The zero-order valence-electron chi connectivity index (χ0n) is 16.6. The summed E-state index contributed by atoms with van der Waals surface area (Å²) in [5.74, 6) is 1.20. The summed E-state index contributed by atoms with van der Waals surface area (Å²) >= 11 is 0. The number of aromatic nitrogens is 2. The fourth-order valence-corrected chi connectivity index (χ4v) is 3.80. The number of nitrogens with one attached hydrogen (secondary N) is 2. The first kappa shape index (κ1) is 18.6. The highest BCUT2D eigenvalue weighted by atomic mass is 19.1. The third-order valence-electron chi connectivity index (χ3n) is 5.62. The van der Waals surface area contributed by atoms with Crippen molar-refractivity contribution in [2.75, 3.05) is 36.4 Å². The lowest BCUT2D eigenvalue weighted by Crippen LogP contribution is -2.43. The molecule has 0 amide bonds. The smallest absolute Gasteiger partial charge is 0.151 e. The Morgan fingerprint density at radius 3 is 2.68 bits per heavy atom. The summed E-state index contributed by atoms with van der Waals surface area (Å²) in [6.07, 6.45) is 2.89. The molecule has 1 aromatic carbocycles. The molecule has 0 unspecified atom stereocenters. The number of rotatable bonds is 4. The topological polar surface area (TPSA) is 53.1 Å². The summed E-state index contributed by atoms with van der Waals surface area (Å²) in [4.78, 5) is 11.1. The van der Waals surface area contributed by atoms with Crippen LogP contribution in [0.1, 0.15) is 29.7 Å². The van der Waals surface area contributed by atoms with Gasteiger partial charge in [0.25, 0.3) is 0 Å². The molecule has 3 heterocycles. The number of halogens is 1. The maximum atomic E-state index is 14.4. The number of fused-ring (bicyclic) bond motifs is 1. The van der Waals surface area contributed by atoms with E-state index in [4.69, 9.17) is 0 Å². The Balaban J connectivity index is 1.71. The van der Waals surface area contributed by atoms with Crippen LogP contribution >= 0.6 is 0 Å². The van der Waals surface area contributed by atoms with Gasteiger partial charge in [-0.25, -0.2) is 14.4 Å². The van der Waals surface area contributed by atoms with Crippen molar-refractivity contribution >= 4 is 22.4 Å². The Morgan fingerprint density at radius 1 is 1.11 bits per heavy atom. The molecule has 5 nitrogen and oxygen atoms in total. The van der Waals surface area contributed by atoms with Crippen molar-refractivity contribution in [3.63, 3.8) is 0 Å². The predicted molar refractivity (Wildman–Crippen MR) is 113 cm³/mol. The fourth-order valence-electron chi connectivity index (χ4n) is 3.80.